The van der Waals surface area contributed by atoms with Gasteiger partial charge < -0.3 is 9.15 Å². The summed E-state index contributed by atoms with van der Waals surface area (Å²) in [6.45, 7) is 3.52. The maximum atomic E-state index is 11.4. The van der Waals surface area contributed by atoms with E-state index in [9.17, 15) is 14.9 Å². The monoisotopic (exact) mass is 305 g/mol. The van der Waals surface area contributed by atoms with Crippen molar-refractivity contribution in [2.45, 2.75) is 32.8 Å². The smallest absolute Gasteiger partial charge is 0.306 e. The number of ether oxygens (including phenoxy) is 1. The molecule has 0 spiro atoms. The normalized spacial score (nSPS) is 11.9. The molecule has 1 aromatic heterocycles. The Labute approximate surface area is 126 Å². The number of aromatic nitrogens is 2. The highest BCUT2D eigenvalue weighted by Crippen LogP contribution is 2.24. The summed E-state index contributed by atoms with van der Waals surface area (Å²) in [6, 6.07) is 5.74. The number of hydrogen-bond donors (Lipinski definition) is 0. The van der Waals surface area contributed by atoms with Crippen molar-refractivity contribution < 1.29 is 18.9 Å². The molecule has 0 aliphatic rings. The predicted octanol–water partition coefficient (Wildman–Crippen LogP) is 3.05. The molecule has 0 unspecified atom stereocenters. The lowest BCUT2D eigenvalue weighted by Gasteiger charge is -2.08. The lowest BCUT2D eigenvalue weighted by atomic mass is 10.2. The predicted molar refractivity (Wildman–Crippen MR) is 75.8 cm³/mol. The Morgan fingerprint density at radius 1 is 1.36 bits per heavy atom. The van der Waals surface area contributed by atoms with E-state index in [-0.39, 0.29) is 23.4 Å². The lowest BCUT2D eigenvalue weighted by molar-refractivity contribution is -0.384. The van der Waals surface area contributed by atoms with Crippen molar-refractivity contribution >= 4 is 11.7 Å². The molecular formula is C14H15N3O5. The quantitative estimate of drug-likeness (QED) is 0.458. The summed E-state index contributed by atoms with van der Waals surface area (Å²) in [5.74, 6) is 0.0613. The zero-order chi connectivity index (χ0) is 16.1. The van der Waals surface area contributed by atoms with Crippen molar-refractivity contribution in [3.05, 3.63) is 40.3 Å². The van der Waals surface area contributed by atoms with E-state index in [0.29, 0.717) is 18.4 Å². The Kier molecular flexibility index (Phi) is 4.82. The van der Waals surface area contributed by atoms with Crippen LogP contribution in [0.4, 0.5) is 5.69 Å². The molecule has 0 aliphatic carbocycles. The minimum absolute atomic E-state index is 0.0228. The van der Waals surface area contributed by atoms with E-state index >= 15 is 0 Å². The Hall–Kier alpha value is -2.77. The highest BCUT2D eigenvalue weighted by atomic mass is 16.6. The Morgan fingerprint density at radius 3 is 2.64 bits per heavy atom. The van der Waals surface area contributed by atoms with Gasteiger partial charge in [0.25, 0.3) is 11.6 Å². The summed E-state index contributed by atoms with van der Waals surface area (Å²) < 4.78 is 10.6. The van der Waals surface area contributed by atoms with E-state index < -0.39 is 11.0 Å². The SMILES string of the molecule is CCCC(=O)O[C@@H](C)c1nnc(-c2ccc([N+](=O)[O-])cc2)o1. The third-order valence-corrected chi connectivity index (χ3v) is 2.88. The van der Waals surface area contributed by atoms with E-state index in [1.807, 2.05) is 6.92 Å². The minimum Gasteiger partial charge on any atom is -0.453 e. The van der Waals surface area contributed by atoms with Gasteiger partial charge in [-0.2, -0.15) is 0 Å². The van der Waals surface area contributed by atoms with Crippen LogP contribution < -0.4 is 0 Å². The average molecular weight is 305 g/mol. The van der Waals surface area contributed by atoms with Crippen molar-refractivity contribution in [3.8, 4) is 11.5 Å². The molecule has 116 valence electrons. The van der Waals surface area contributed by atoms with Crippen LogP contribution in [0.5, 0.6) is 0 Å². The molecule has 8 heteroatoms. The average Bonchev–Trinajstić information content (AvgIpc) is 2.97. The molecular weight excluding hydrogens is 290 g/mol. The second kappa shape index (κ2) is 6.79. The fourth-order valence-electron chi connectivity index (χ4n) is 1.75. The van der Waals surface area contributed by atoms with Gasteiger partial charge in [0.15, 0.2) is 6.10 Å². The van der Waals surface area contributed by atoms with Crippen LogP contribution in [0.1, 0.15) is 38.7 Å². The van der Waals surface area contributed by atoms with Crippen molar-refractivity contribution in [2.24, 2.45) is 0 Å². The van der Waals surface area contributed by atoms with Crippen molar-refractivity contribution in [3.63, 3.8) is 0 Å². The summed E-state index contributed by atoms with van der Waals surface area (Å²) in [7, 11) is 0. The molecule has 0 amide bonds. The molecule has 0 bridgehead atoms. The number of rotatable bonds is 6. The Balaban J connectivity index is 2.10. The zero-order valence-electron chi connectivity index (χ0n) is 12.2. The van der Waals surface area contributed by atoms with Crippen LogP contribution in [-0.2, 0) is 9.53 Å². The summed E-state index contributed by atoms with van der Waals surface area (Å²) >= 11 is 0. The van der Waals surface area contributed by atoms with Gasteiger partial charge in [-0.05, 0) is 25.5 Å². The summed E-state index contributed by atoms with van der Waals surface area (Å²) in [5.41, 5.74) is 0.529. The summed E-state index contributed by atoms with van der Waals surface area (Å²) in [5, 5.41) is 18.3. The number of benzene rings is 1. The van der Waals surface area contributed by atoms with Crippen LogP contribution in [0.15, 0.2) is 28.7 Å². The topological polar surface area (TPSA) is 108 Å². The second-order valence-corrected chi connectivity index (χ2v) is 4.63. The van der Waals surface area contributed by atoms with Crippen LogP contribution in [0.2, 0.25) is 0 Å². The Bertz CT molecular complexity index is 665. The third-order valence-electron chi connectivity index (χ3n) is 2.88. The van der Waals surface area contributed by atoms with Crippen molar-refractivity contribution in [1.29, 1.82) is 0 Å². The molecule has 0 N–H and O–H groups in total. The number of esters is 1. The molecule has 0 aliphatic heterocycles. The van der Waals surface area contributed by atoms with Gasteiger partial charge >= 0.3 is 5.97 Å². The molecule has 22 heavy (non-hydrogen) atoms. The third kappa shape index (κ3) is 3.66. The van der Waals surface area contributed by atoms with Crippen LogP contribution in [0.3, 0.4) is 0 Å². The number of hydrogen-bond acceptors (Lipinski definition) is 7. The van der Waals surface area contributed by atoms with E-state index in [4.69, 9.17) is 9.15 Å². The van der Waals surface area contributed by atoms with Gasteiger partial charge in [0.2, 0.25) is 5.89 Å². The molecule has 1 aromatic carbocycles. The first kappa shape index (κ1) is 15.6. The maximum Gasteiger partial charge on any atom is 0.306 e. The first-order valence-electron chi connectivity index (χ1n) is 6.79. The van der Waals surface area contributed by atoms with E-state index in [2.05, 4.69) is 10.2 Å². The fraction of sp³-hybridized carbons (Fsp3) is 0.357. The number of non-ortho nitro benzene ring substituents is 1. The van der Waals surface area contributed by atoms with Gasteiger partial charge in [0, 0.05) is 24.1 Å². The van der Waals surface area contributed by atoms with E-state index in [1.165, 1.54) is 24.3 Å². The molecule has 8 nitrogen and oxygen atoms in total. The second-order valence-electron chi connectivity index (χ2n) is 4.63. The van der Waals surface area contributed by atoms with E-state index in [1.54, 1.807) is 6.92 Å². The number of carbonyl (C=O) groups is 1. The van der Waals surface area contributed by atoms with Gasteiger partial charge in [-0.15, -0.1) is 10.2 Å². The minimum atomic E-state index is -0.640. The molecule has 1 heterocycles. The van der Waals surface area contributed by atoms with Gasteiger partial charge in [-0.3, -0.25) is 14.9 Å². The summed E-state index contributed by atoms with van der Waals surface area (Å²) in [6.07, 6.45) is 0.385. The van der Waals surface area contributed by atoms with Crippen LogP contribution in [0.25, 0.3) is 11.5 Å². The summed E-state index contributed by atoms with van der Waals surface area (Å²) in [4.78, 5) is 21.5. The van der Waals surface area contributed by atoms with Crippen LogP contribution >= 0.6 is 0 Å². The van der Waals surface area contributed by atoms with Gasteiger partial charge in [0.1, 0.15) is 0 Å². The molecule has 0 saturated carbocycles. The lowest BCUT2D eigenvalue weighted by Crippen LogP contribution is -2.08. The first-order valence-corrected chi connectivity index (χ1v) is 6.79. The molecule has 2 rings (SSSR count). The first-order chi connectivity index (χ1) is 10.5. The highest BCUT2D eigenvalue weighted by molar-refractivity contribution is 5.69. The van der Waals surface area contributed by atoms with Gasteiger partial charge in [-0.1, -0.05) is 6.92 Å². The van der Waals surface area contributed by atoms with Crippen molar-refractivity contribution in [1.82, 2.24) is 10.2 Å². The van der Waals surface area contributed by atoms with E-state index in [0.717, 1.165) is 0 Å². The largest absolute Gasteiger partial charge is 0.453 e. The van der Waals surface area contributed by atoms with Gasteiger partial charge in [0.05, 0.1) is 4.92 Å². The van der Waals surface area contributed by atoms with Crippen LogP contribution in [0, 0.1) is 10.1 Å². The zero-order valence-corrected chi connectivity index (χ0v) is 12.2. The molecule has 0 fully saturated rings. The van der Waals surface area contributed by atoms with Crippen LogP contribution in [-0.4, -0.2) is 21.1 Å². The number of carbonyl (C=O) groups excluding carboxylic acids is 1. The number of nitrogens with zero attached hydrogens (tertiary/aromatic N) is 3. The number of nitro groups is 1. The number of nitro benzene ring substituents is 1. The molecule has 0 saturated heterocycles. The standard InChI is InChI=1S/C14H15N3O5/c1-3-4-12(18)21-9(2)13-15-16-14(22-13)10-5-7-11(8-6-10)17(19)20/h5-9H,3-4H2,1-2H3/t9-/m0/s1. The fourth-order valence-corrected chi connectivity index (χ4v) is 1.75. The molecule has 2 aromatic rings. The van der Waals surface area contributed by atoms with Crippen molar-refractivity contribution in [2.75, 3.05) is 0 Å². The molecule has 0 radical (unpaired) electrons. The van der Waals surface area contributed by atoms with Gasteiger partial charge in [-0.25, -0.2) is 0 Å². The molecule has 1 atom stereocenters. The maximum absolute atomic E-state index is 11.4. The Morgan fingerprint density at radius 2 is 2.05 bits per heavy atom. The highest BCUT2D eigenvalue weighted by Gasteiger charge is 2.19.